The Morgan fingerprint density at radius 2 is 0.877 bits per heavy atom. The number of nitrogens with one attached hydrogen (secondary N) is 3. The molecule has 31 nitrogen and oxygen atoms in total. The Morgan fingerprint density at radius 3 is 1.28 bits per heavy atom. The molecule has 0 bridgehead atoms. The Morgan fingerprint density at radius 1 is 0.478 bits per heavy atom. The molecule has 40 heteroatoms. The maximum atomic E-state index is 14.1. The first kappa shape index (κ1) is 102. The number of carbonyl (C=O) groups is 4. The van der Waals surface area contributed by atoms with Gasteiger partial charge in [-0.05, 0) is 206 Å². The zero-order chi connectivity index (χ0) is 96.1. The van der Waals surface area contributed by atoms with Crippen molar-refractivity contribution in [2.45, 2.75) is 145 Å². The van der Waals surface area contributed by atoms with Crippen LogP contribution in [0.5, 0.6) is 23.0 Å². The predicted octanol–water partition coefficient (Wildman–Crippen LogP) is 15.7. The molecule has 6 aliphatic rings. The van der Waals surface area contributed by atoms with Crippen molar-refractivity contribution in [1.82, 2.24) is 99.5 Å². The minimum atomic E-state index is -4.60. The summed E-state index contributed by atoms with van der Waals surface area (Å²) >= 11 is 15.7. The normalized spacial score (nSPS) is 16.6. The topological polar surface area (TPSA) is 369 Å². The van der Waals surface area contributed by atoms with Crippen LogP contribution >= 0.6 is 70.7 Å². The Labute approximate surface area is 828 Å². The molecule has 0 radical (unpaired) electrons. The average molecular weight is 2010 g/mol. The lowest BCUT2D eigenvalue weighted by Crippen LogP contribution is -2.48. The SMILES string of the molecule is CCNC(=O)c1nnc(-c2cc(CC)c(O)cc2O)n1-c1ccc(CN2CCN(CC3CCN(C(=O)C[C@@H]4N=C(c5ccc(Cl)cc5)c5c(sc(C)c5C)-n5c(C)nnc54)CC3)CC2)cc1.CCc1cc(-c2nnc(C(=O)NCC(F)(F)F)n2-c2ccc(CN3CCN(CC4CCNCC4)CC3)cc2)c(O)cc1O.Cc1sc2c(c1C)C(c1ccc(Cl)cc1)=N[C@@H](CC(=O)O)c1nnc(C)n1-2.Cl.Cl. The number of aromatic nitrogens is 12. The molecule has 6 aliphatic heterocycles. The van der Waals surface area contributed by atoms with Crippen molar-refractivity contribution in [2.24, 2.45) is 21.8 Å². The summed E-state index contributed by atoms with van der Waals surface area (Å²) in [4.78, 5) is 76.1. The number of alkyl halides is 3. The van der Waals surface area contributed by atoms with Gasteiger partial charge in [0.05, 0.1) is 35.4 Å². The van der Waals surface area contributed by atoms with Gasteiger partial charge in [-0.15, -0.1) is 88.3 Å². The second-order valence-corrected chi connectivity index (χ2v) is 38.6. The molecule has 18 rings (SSSR count). The smallest absolute Gasteiger partial charge is 0.405 e. The van der Waals surface area contributed by atoms with Crippen LogP contribution in [-0.2, 0) is 35.5 Å². The van der Waals surface area contributed by atoms with Crippen LogP contribution in [0.3, 0.4) is 0 Å². The van der Waals surface area contributed by atoms with Gasteiger partial charge in [0, 0.05) is 164 Å². The van der Waals surface area contributed by atoms with E-state index in [0.717, 1.165) is 195 Å². The second-order valence-electron chi connectivity index (χ2n) is 35.3. The molecular formula is C98H113Cl4F3N22O9S2. The molecular weight excluding hydrogens is 1890 g/mol. The number of fused-ring (bicyclic) bond motifs is 6. The highest BCUT2D eigenvalue weighted by Gasteiger charge is 2.39. The fraction of sp³-hybridized carbons (Fsp3) is 0.408. The molecule has 730 valence electrons. The van der Waals surface area contributed by atoms with E-state index in [4.69, 9.17) is 33.2 Å². The minimum Gasteiger partial charge on any atom is -0.508 e. The number of nitrogens with zero attached hydrogens (tertiary/aromatic N) is 19. The summed E-state index contributed by atoms with van der Waals surface area (Å²) in [5.74, 6) is 1.34. The average Bonchev–Trinajstić information content (AvgIpc) is 1.59. The number of carboxylic acid groups (broad SMARTS) is 1. The molecule has 6 aromatic heterocycles. The standard InChI is InChI=1S/C49H56ClN11O4S.C30H38F3N7O3.C19H17ClN4O2S.2ClH/c1-6-34-24-38(41(63)26-40(34)62)45-54-56-47(48(65)51-7-2)61(45)37-14-8-32(9-15-37)27-57-20-22-58(23-21-57)28-33-16-18-59(19-17-33)42(64)25-39-46-55-53-31(5)60(46)49-43(29(3)30(4)66-49)44(52-39)35-10-12-36(50)13-11-35;1-2-22-15-24(26(42)16-25(22)41)27-36-37-28(29(43)35-19-30(31,32)33)40(27)23-5-3-20(4-6-23)17-38-11-13-39(14-12-38)18-21-7-9-34-10-8-21;1-9-10(2)27-19-16(9)17(12-4-6-13(20)7-5-12)21-14(8-15(25)26)18-23-22-11(3)24(18)19;;/h8-15,24,26,33,39,62-63H,6-7,16-23,25,27-28H2,1-5H3,(H,51,65);3-6,15-16,21,34,41-42H,2,7-14,17-19H2,1H3,(H,35,43);4-7,14H,8H2,1-3H3,(H,25,26);2*1H/t39-;;14-;;/m0.0../s1. The molecule has 6 aromatic carbocycles. The Kier molecular flexibility index (Phi) is 33.2. The number of phenols is 4. The first-order valence-corrected chi connectivity index (χ1v) is 48.4. The van der Waals surface area contributed by atoms with E-state index in [-0.39, 0.29) is 95.5 Å². The fourth-order valence-corrected chi connectivity index (χ4v) is 21.2. The largest absolute Gasteiger partial charge is 0.508 e. The van der Waals surface area contributed by atoms with Crippen LogP contribution in [0.1, 0.15) is 181 Å². The number of phenolic OH excluding ortho intramolecular Hbond substituents is 4. The number of rotatable bonds is 24. The van der Waals surface area contributed by atoms with Crippen LogP contribution in [0, 0.1) is 53.4 Å². The Balaban J connectivity index is 0.000000180. The Bertz CT molecular complexity index is 6430. The quantitative estimate of drug-likeness (QED) is 0.0278. The molecule has 138 heavy (non-hydrogen) atoms. The van der Waals surface area contributed by atoms with Gasteiger partial charge < -0.3 is 56.2 Å². The van der Waals surface area contributed by atoms with Crippen LogP contribution in [0.2, 0.25) is 10.0 Å². The summed E-state index contributed by atoms with van der Waals surface area (Å²) in [6.07, 6.45) is 0.879. The molecule has 0 aliphatic carbocycles. The molecule has 3 amide bonds. The van der Waals surface area contributed by atoms with Crippen LogP contribution in [0.4, 0.5) is 13.2 Å². The van der Waals surface area contributed by atoms with Crippen molar-refractivity contribution in [2.75, 3.05) is 105 Å². The number of hydrogen-bond donors (Lipinski definition) is 8. The second kappa shape index (κ2) is 44.7. The van der Waals surface area contributed by atoms with Gasteiger partial charge >= 0.3 is 12.1 Å². The highest BCUT2D eigenvalue weighted by molar-refractivity contribution is 7.15. The third kappa shape index (κ3) is 23.0. The van der Waals surface area contributed by atoms with E-state index < -0.39 is 36.7 Å². The number of halogens is 7. The number of benzene rings is 6. The van der Waals surface area contributed by atoms with Crippen molar-refractivity contribution >= 4 is 106 Å². The lowest BCUT2D eigenvalue weighted by Gasteiger charge is -2.39. The number of thiophene rings is 2. The van der Waals surface area contributed by atoms with Gasteiger partial charge in [-0.1, -0.05) is 85.6 Å². The van der Waals surface area contributed by atoms with Gasteiger partial charge in [0.1, 0.15) is 63.3 Å². The van der Waals surface area contributed by atoms with E-state index in [1.54, 1.807) is 45.4 Å². The van der Waals surface area contributed by atoms with Gasteiger partial charge in [0.2, 0.25) is 17.6 Å². The number of likely N-dealkylation sites (tertiary alicyclic amines) is 1. The third-order valence-electron chi connectivity index (χ3n) is 26.2. The summed E-state index contributed by atoms with van der Waals surface area (Å²) < 4.78 is 45.5. The maximum Gasteiger partial charge on any atom is 0.405 e. The van der Waals surface area contributed by atoms with E-state index in [0.29, 0.717) is 80.9 Å². The molecule has 12 heterocycles. The van der Waals surface area contributed by atoms with Crippen molar-refractivity contribution < 1.29 is 57.9 Å². The molecule has 4 saturated heterocycles. The fourth-order valence-electron chi connectivity index (χ4n) is 18.5. The summed E-state index contributed by atoms with van der Waals surface area (Å²) in [5, 5.41) is 96.8. The number of hydrogen-bond acceptors (Lipinski definition) is 25. The zero-order valence-corrected chi connectivity index (χ0v) is 82.9. The van der Waals surface area contributed by atoms with Gasteiger partial charge in [-0.2, -0.15) is 13.2 Å². The molecule has 2 atom stereocenters. The Hall–Kier alpha value is -11.6. The molecule has 0 spiro atoms. The summed E-state index contributed by atoms with van der Waals surface area (Å²) in [6, 6.07) is 35.2. The van der Waals surface area contributed by atoms with E-state index in [1.807, 2.05) is 122 Å². The van der Waals surface area contributed by atoms with Crippen LogP contribution < -0.4 is 16.0 Å². The number of carboxylic acids is 1. The summed E-state index contributed by atoms with van der Waals surface area (Å²) in [7, 11) is 0. The van der Waals surface area contributed by atoms with Crippen molar-refractivity contribution in [3.8, 4) is 67.2 Å². The van der Waals surface area contributed by atoms with Crippen LogP contribution in [0.15, 0.2) is 131 Å². The highest BCUT2D eigenvalue weighted by atomic mass is 35.5. The highest BCUT2D eigenvalue weighted by Crippen LogP contribution is 2.45. The van der Waals surface area contributed by atoms with E-state index in [9.17, 15) is 57.9 Å². The molecule has 8 N–H and O–H groups in total. The van der Waals surface area contributed by atoms with E-state index in [2.05, 4.69) is 115 Å². The molecule has 12 aromatic rings. The van der Waals surface area contributed by atoms with Crippen molar-refractivity contribution in [1.29, 1.82) is 0 Å². The van der Waals surface area contributed by atoms with Gasteiger partial charge in [-0.25, -0.2) is 0 Å². The molecule has 0 saturated carbocycles. The third-order valence-corrected chi connectivity index (χ3v) is 29.1. The first-order valence-electron chi connectivity index (χ1n) is 46.0. The van der Waals surface area contributed by atoms with Crippen LogP contribution in [-0.4, -0.2) is 255 Å². The number of piperazine rings is 2. The van der Waals surface area contributed by atoms with E-state index >= 15 is 0 Å². The molecule has 4 fully saturated rings. The number of aryl methyl sites for hydroxylation is 6. The van der Waals surface area contributed by atoms with Crippen molar-refractivity contribution in [3.63, 3.8) is 0 Å². The lowest BCUT2D eigenvalue weighted by atomic mass is 9.95. The predicted molar refractivity (Wildman–Crippen MR) is 532 cm³/mol. The summed E-state index contributed by atoms with van der Waals surface area (Å²) in [6.45, 7) is 31.9. The van der Waals surface area contributed by atoms with Gasteiger partial charge in [0.15, 0.2) is 23.3 Å². The minimum absolute atomic E-state index is 0. The van der Waals surface area contributed by atoms with Gasteiger partial charge in [0.25, 0.3) is 11.8 Å². The first-order chi connectivity index (χ1) is 65.4. The number of piperidine rings is 2. The number of amides is 3. The number of aliphatic carboxylic acids is 1. The number of aliphatic imine (C=N–C) groups is 2. The van der Waals surface area contributed by atoms with Crippen LogP contribution in [0.25, 0.3) is 44.2 Å². The van der Waals surface area contributed by atoms with Gasteiger partial charge in [-0.3, -0.25) is 57.2 Å². The summed E-state index contributed by atoms with van der Waals surface area (Å²) in [5.41, 5.74) is 12.9. The van der Waals surface area contributed by atoms with Crippen molar-refractivity contribution in [3.05, 3.63) is 232 Å². The maximum absolute atomic E-state index is 14.1. The zero-order valence-electron chi connectivity index (χ0n) is 78.1. The number of aromatic hydroxyl groups is 4. The lowest BCUT2D eigenvalue weighted by molar-refractivity contribution is -0.137. The van der Waals surface area contributed by atoms with E-state index in [1.165, 1.54) is 50.9 Å². The molecule has 0 unspecified atom stereocenters. The monoisotopic (exact) mass is 2000 g/mol. The number of carbonyl (C=O) groups excluding carboxylic acids is 3.